The second-order valence-corrected chi connectivity index (χ2v) is 8.20. The molecular formula is C25H26N4. The summed E-state index contributed by atoms with van der Waals surface area (Å²) < 4.78 is 2.03. The SMILES string of the molecule is Cc1ccc(-c2cc3nc(-c4ccccc4)cc(N4CCC(C)CC4)n3n2)cc1. The van der Waals surface area contributed by atoms with Gasteiger partial charge >= 0.3 is 0 Å². The fourth-order valence-electron chi connectivity index (χ4n) is 4.04. The predicted molar refractivity (Wildman–Crippen MR) is 119 cm³/mol. The van der Waals surface area contributed by atoms with Crippen molar-refractivity contribution in [2.75, 3.05) is 18.0 Å². The molecule has 0 unspecified atom stereocenters. The Hall–Kier alpha value is -3.14. The lowest BCUT2D eigenvalue weighted by molar-refractivity contribution is 0.435. The highest BCUT2D eigenvalue weighted by Crippen LogP contribution is 2.30. The van der Waals surface area contributed by atoms with Gasteiger partial charge in [-0.1, -0.05) is 67.1 Å². The number of benzene rings is 2. The molecule has 2 aromatic heterocycles. The average Bonchev–Trinajstić information content (AvgIpc) is 3.19. The fraction of sp³-hybridized carbons (Fsp3) is 0.280. The highest BCUT2D eigenvalue weighted by atomic mass is 15.3. The van der Waals surface area contributed by atoms with Crippen LogP contribution in [0.2, 0.25) is 0 Å². The summed E-state index contributed by atoms with van der Waals surface area (Å²) in [6.45, 7) is 6.58. The van der Waals surface area contributed by atoms with Crippen LogP contribution in [0.4, 0.5) is 5.82 Å². The Morgan fingerprint density at radius 3 is 2.24 bits per heavy atom. The van der Waals surface area contributed by atoms with Gasteiger partial charge in [0.15, 0.2) is 5.65 Å². The van der Waals surface area contributed by atoms with E-state index in [0.29, 0.717) is 0 Å². The van der Waals surface area contributed by atoms with Gasteiger partial charge < -0.3 is 4.90 Å². The van der Waals surface area contributed by atoms with E-state index in [1.807, 2.05) is 10.6 Å². The molecule has 1 aliphatic rings. The maximum Gasteiger partial charge on any atom is 0.158 e. The van der Waals surface area contributed by atoms with Crippen LogP contribution in [0.15, 0.2) is 66.7 Å². The van der Waals surface area contributed by atoms with Crippen LogP contribution in [-0.4, -0.2) is 27.7 Å². The number of aromatic nitrogens is 3. The van der Waals surface area contributed by atoms with Gasteiger partial charge in [-0.3, -0.25) is 0 Å². The molecule has 1 fully saturated rings. The molecule has 0 N–H and O–H groups in total. The van der Waals surface area contributed by atoms with Gasteiger partial charge in [0.2, 0.25) is 0 Å². The maximum absolute atomic E-state index is 4.95. The molecule has 0 saturated carbocycles. The van der Waals surface area contributed by atoms with Crippen molar-refractivity contribution in [1.29, 1.82) is 0 Å². The highest BCUT2D eigenvalue weighted by molar-refractivity contribution is 5.71. The number of aryl methyl sites for hydroxylation is 1. The van der Waals surface area contributed by atoms with E-state index in [2.05, 4.69) is 79.4 Å². The molecular weight excluding hydrogens is 356 g/mol. The van der Waals surface area contributed by atoms with Crippen LogP contribution in [0.5, 0.6) is 0 Å². The van der Waals surface area contributed by atoms with Gasteiger partial charge in [-0.15, -0.1) is 0 Å². The van der Waals surface area contributed by atoms with E-state index in [4.69, 9.17) is 10.1 Å². The Balaban J connectivity index is 1.65. The second kappa shape index (κ2) is 7.36. The van der Waals surface area contributed by atoms with Crippen LogP contribution >= 0.6 is 0 Å². The monoisotopic (exact) mass is 382 g/mol. The van der Waals surface area contributed by atoms with Gasteiger partial charge in [0.25, 0.3) is 0 Å². The lowest BCUT2D eigenvalue weighted by Crippen LogP contribution is -2.34. The first-order chi connectivity index (χ1) is 14.2. The van der Waals surface area contributed by atoms with Gasteiger partial charge in [-0.05, 0) is 25.7 Å². The molecule has 5 rings (SSSR count). The summed E-state index contributed by atoms with van der Waals surface area (Å²) >= 11 is 0. The smallest absolute Gasteiger partial charge is 0.158 e. The van der Waals surface area contributed by atoms with Gasteiger partial charge in [0.1, 0.15) is 5.82 Å². The molecule has 0 amide bonds. The standard InChI is InChI=1S/C25H26N4/c1-18-8-10-21(11-9-18)23-16-24-26-22(20-6-4-3-5-7-20)17-25(29(24)27-23)28-14-12-19(2)13-15-28/h3-11,16-17,19H,12-15H2,1-2H3. The first kappa shape index (κ1) is 17.9. The van der Waals surface area contributed by atoms with Crippen molar-refractivity contribution >= 4 is 11.5 Å². The Labute approximate surface area is 171 Å². The number of nitrogens with zero attached hydrogens (tertiary/aromatic N) is 4. The van der Waals surface area contributed by atoms with Crippen LogP contribution in [0.25, 0.3) is 28.2 Å². The van der Waals surface area contributed by atoms with Crippen LogP contribution in [-0.2, 0) is 0 Å². The number of fused-ring (bicyclic) bond motifs is 1. The normalized spacial score (nSPS) is 15.2. The minimum absolute atomic E-state index is 0.790. The number of rotatable bonds is 3. The van der Waals surface area contributed by atoms with Gasteiger partial charge in [-0.25, -0.2) is 4.98 Å². The molecule has 0 bridgehead atoms. The van der Waals surface area contributed by atoms with Crippen LogP contribution < -0.4 is 4.90 Å². The van der Waals surface area contributed by atoms with Crippen molar-refractivity contribution in [1.82, 2.24) is 14.6 Å². The zero-order valence-electron chi connectivity index (χ0n) is 17.0. The van der Waals surface area contributed by atoms with Crippen molar-refractivity contribution < 1.29 is 0 Å². The lowest BCUT2D eigenvalue weighted by atomic mass is 9.99. The largest absolute Gasteiger partial charge is 0.356 e. The highest BCUT2D eigenvalue weighted by Gasteiger charge is 2.21. The molecule has 0 spiro atoms. The Kier molecular flexibility index (Phi) is 4.55. The van der Waals surface area contributed by atoms with E-state index < -0.39 is 0 Å². The molecule has 1 aliphatic heterocycles. The molecule has 2 aromatic carbocycles. The summed E-state index contributed by atoms with van der Waals surface area (Å²) in [4.78, 5) is 7.42. The number of hydrogen-bond acceptors (Lipinski definition) is 3. The fourth-order valence-corrected chi connectivity index (χ4v) is 4.04. The molecule has 3 heterocycles. The van der Waals surface area contributed by atoms with Crippen molar-refractivity contribution in [3.8, 4) is 22.5 Å². The van der Waals surface area contributed by atoms with Gasteiger partial charge in [0, 0.05) is 36.3 Å². The molecule has 1 saturated heterocycles. The summed E-state index contributed by atoms with van der Waals surface area (Å²) in [5, 5.41) is 4.95. The summed E-state index contributed by atoms with van der Waals surface area (Å²) in [5.41, 5.74) is 6.39. The summed E-state index contributed by atoms with van der Waals surface area (Å²) in [6.07, 6.45) is 2.44. The minimum atomic E-state index is 0.790. The first-order valence-corrected chi connectivity index (χ1v) is 10.5. The van der Waals surface area contributed by atoms with Crippen LogP contribution in [0.3, 0.4) is 0 Å². The van der Waals surface area contributed by atoms with E-state index in [-0.39, 0.29) is 0 Å². The average molecular weight is 383 g/mol. The number of anilines is 1. The van der Waals surface area contributed by atoms with E-state index >= 15 is 0 Å². The molecule has 4 aromatic rings. The quantitative estimate of drug-likeness (QED) is 0.462. The van der Waals surface area contributed by atoms with Crippen molar-refractivity contribution in [2.24, 2.45) is 5.92 Å². The van der Waals surface area contributed by atoms with Gasteiger partial charge in [0.05, 0.1) is 11.4 Å². The van der Waals surface area contributed by atoms with E-state index in [1.54, 1.807) is 0 Å². The number of hydrogen-bond donors (Lipinski definition) is 0. The molecule has 0 radical (unpaired) electrons. The molecule has 29 heavy (non-hydrogen) atoms. The zero-order chi connectivity index (χ0) is 19.8. The predicted octanol–water partition coefficient (Wildman–Crippen LogP) is 5.61. The summed E-state index contributed by atoms with van der Waals surface area (Å²) in [5.74, 6) is 1.93. The molecule has 0 aliphatic carbocycles. The third-order valence-electron chi connectivity index (χ3n) is 5.93. The first-order valence-electron chi connectivity index (χ1n) is 10.5. The van der Waals surface area contributed by atoms with Crippen LogP contribution in [0.1, 0.15) is 25.3 Å². The topological polar surface area (TPSA) is 33.4 Å². The molecule has 4 nitrogen and oxygen atoms in total. The third-order valence-corrected chi connectivity index (χ3v) is 5.93. The Bertz CT molecular complexity index is 1120. The van der Waals surface area contributed by atoms with Crippen LogP contribution in [0, 0.1) is 12.8 Å². The lowest BCUT2D eigenvalue weighted by Gasteiger charge is -2.32. The maximum atomic E-state index is 4.95. The Morgan fingerprint density at radius 2 is 1.52 bits per heavy atom. The molecule has 0 atom stereocenters. The number of piperidine rings is 1. The second-order valence-electron chi connectivity index (χ2n) is 8.20. The molecule has 4 heteroatoms. The third kappa shape index (κ3) is 3.51. The van der Waals surface area contributed by atoms with Crippen molar-refractivity contribution in [3.05, 3.63) is 72.3 Å². The van der Waals surface area contributed by atoms with E-state index in [9.17, 15) is 0 Å². The van der Waals surface area contributed by atoms with E-state index in [1.165, 1.54) is 18.4 Å². The Morgan fingerprint density at radius 1 is 0.828 bits per heavy atom. The van der Waals surface area contributed by atoms with Gasteiger partial charge in [-0.2, -0.15) is 9.61 Å². The van der Waals surface area contributed by atoms with Crippen molar-refractivity contribution in [3.63, 3.8) is 0 Å². The van der Waals surface area contributed by atoms with E-state index in [0.717, 1.165) is 53.0 Å². The summed E-state index contributed by atoms with van der Waals surface area (Å²) in [7, 11) is 0. The molecule has 146 valence electrons. The van der Waals surface area contributed by atoms with Crippen molar-refractivity contribution in [2.45, 2.75) is 26.7 Å². The minimum Gasteiger partial charge on any atom is -0.356 e. The zero-order valence-corrected chi connectivity index (χ0v) is 17.0. The summed E-state index contributed by atoms with van der Waals surface area (Å²) in [6, 6.07) is 23.3.